The van der Waals surface area contributed by atoms with E-state index in [9.17, 15) is 9.90 Å². The zero-order valence-electron chi connectivity index (χ0n) is 10.8. The molecular formula is C16H16O3. The fourth-order valence-electron chi connectivity index (χ4n) is 2.41. The van der Waals surface area contributed by atoms with E-state index in [2.05, 4.69) is 0 Å². The third kappa shape index (κ3) is 2.00. The van der Waals surface area contributed by atoms with Crippen LogP contribution in [0.25, 0.3) is 10.8 Å². The van der Waals surface area contributed by atoms with Gasteiger partial charge in [-0.05, 0) is 41.8 Å². The van der Waals surface area contributed by atoms with Crippen molar-refractivity contribution >= 4 is 16.6 Å². The lowest BCUT2D eigenvalue weighted by atomic mass is 9.94. The van der Waals surface area contributed by atoms with Gasteiger partial charge in [0.25, 0.3) is 0 Å². The molecule has 3 heteroatoms. The van der Waals surface area contributed by atoms with Crippen LogP contribution >= 0.6 is 0 Å². The fourth-order valence-corrected chi connectivity index (χ4v) is 2.41. The van der Waals surface area contributed by atoms with E-state index >= 15 is 0 Å². The molecule has 1 aliphatic rings. The van der Waals surface area contributed by atoms with Crippen molar-refractivity contribution < 1.29 is 14.6 Å². The first kappa shape index (κ1) is 12.2. The van der Waals surface area contributed by atoms with Gasteiger partial charge in [0, 0.05) is 5.56 Å². The quantitative estimate of drug-likeness (QED) is 0.856. The molecule has 1 saturated carbocycles. The minimum Gasteiger partial charge on any atom is -0.497 e. The Kier molecular flexibility index (Phi) is 2.79. The first-order valence-corrected chi connectivity index (χ1v) is 6.42. The summed E-state index contributed by atoms with van der Waals surface area (Å²) < 4.78 is 5.18. The van der Waals surface area contributed by atoms with Crippen molar-refractivity contribution in [2.45, 2.75) is 12.8 Å². The van der Waals surface area contributed by atoms with Gasteiger partial charge in [0.05, 0.1) is 19.1 Å². The number of hydrogen-bond donors (Lipinski definition) is 1. The number of benzene rings is 2. The highest BCUT2D eigenvalue weighted by Gasteiger charge is 2.49. The SMILES string of the molecule is COc1ccc2cc(C(=O)C3(CO)CC3)ccc2c1. The molecule has 3 nitrogen and oxygen atoms in total. The van der Waals surface area contributed by atoms with E-state index in [-0.39, 0.29) is 12.4 Å². The Morgan fingerprint density at radius 3 is 2.53 bits per heavy atom. The van der Waals surface area contributed by atoms with Crippen LogP contribution in [0.1, 0.15) is 23.2 Å². The predicted octanol–water partition coefficient (Wildman–Crippen LogP) is 2.80. The van der Waals surface area contributed by atoms with Crippen LogP contribution in [0, 0.1) is 5.41 Å². The van der Waals surface area contributed by atoms with Crippen LogP contribution < -0.4 is 4.74 Å². The molecular weight excluding hydrogens is 240 g/mol. The van der Waals surface area contributed by atoms with E-state index in [1.807, 2.05) is 36.4 Å². The summed E-state index contributed by atoms with van der Waals surface area (Å²) in [6.45, 7) is -0.0491. The van der Waals surface area contributed by atoms with Crippen LogP contribution in [0.15, 0.2) is 36.4 Å². The van der Waals surface area contributed by atoms with E-state index in [1.165, 1.54) is 0 Å². The normalized spacial score (nSPS) is 16.3. The van der Waals surface area contributed by atoms with Crippen LogP contribution in [0.3, 0.4) is 0 Å². The summed E-state index contributed by atoms with van der Waals surface area (Å²) in [6.07, 6.45) is 1.59. The summed E-state index contributed by atoms with van der Waals surface area (Å²) in [7, 11) is 1.64. The molecule has 1 N–H and O–H groups in total. The van der Waals surface area contributed by atoms with E-state index in [4.69, 9.17) is 4.74 Å². The van der Waals surface area contributed by atoms with Crippen molar-refractivity contribution in [1.29, 1.82) is 0 Å². The molecule has 0 unspecified atom stereocenters. The number of carbonyl (C=O) groups excluding carboxylic acids is 1. The van der Waals surface area contributed by atoms with Gasteiger partial charge in [0.2, 0.25) is 0 Å². The first-order chi connectivity index (χ1) is 9.18. The topological polar surface area (TPSA) is 46.5 Å². The molecule has 1 fully saturated rings. The van der Waals surface area contributed by atoms with E-state index in [0.29, 0.717) is 5.56 Å². The van der Waals surface area contributed by atoms with Crippen molar-refractivity contribution in [3.05, 3.63) is 42.0 Å². The minimum absolute atomic E-state index is 0.0491. The van der Waals surface area contributed by atoms with Gasteiger partial charge in [0.1, 0.15) is 5.75 Å². The highest BCUT2D eigenvalue weighted by molar-refractivity contribution is 6.05. The summed E-state index contributed by atoms with van der Waals surface area (Å²) in [4.78, 5) is 12.3. The molecule has 0 heterocycles. The number of ketones is 1. The standard InChI is InChI=1S/C16H16O3/c1-19-14-5-4-11-8-13(3-2-12(11)9-14)15(18)16(10-17)6-7-16/h2-5,8-9,17H,6-7,10H2,1H3. The smallest absolute Gasteiger partial charge is 0.171 e. The maximum atomic E-state index is 12.3. The van der Waals surface area contributed by atoms with Gasteiger partial charge >= 0.3 is 0 Å². The lowest BCUT2D eigenvalue weighted by Gasteiger charge is -2.11. The Balaban J connectivity index is 2.00. The lowest BCUT2D eigenvalue weighted by Crippen LogP contribution is -2.19. The highest BCUT2D eigenvalue weighted by Crippen LogP contribution is 2.47. The second kappa shape index (κ2) is 4.35. The Bertz CT molecular complexity index is 641. The number of fused-ring (bicyclic) bond motifs is 1. The first-order valence-electron chi connectivity index (χ1n) is 6.42. The zero-order valence-corrected chi connectivity index (χ0v) is 10.8. The molecule has 0 amide bonds. The third-order valence-electron chi connectivity index (χ3n) is 3.95. The van der Waals surface area contributed by atoms with Crippen LogP contribution in [0.2, 0.25) is 0 Å². The van der Waals surface area contributed by atoms with E-state index in [1.54, 1.807) is 7.11 Å². The van der Waals surface area contributed by atoms with Crippen LogP contribution in [-0.4, -0.2) is 24.6 Å². The van der Waals surface area contributed by atoms with Crippen molar-refractivity contribution in [1.82, 2.24) is 0 Å². The summed E-state index contributed by atoms with van der Waals surface area (Å²) in [5, 5.41) is 11.4. The monoisotopic (exact) mass is 256 g/mol. The van der Waals surface area contributed by atoms with Crippen molar-refractivity contribution in [2.75, 3.05) is 13.7 Å². The van der Waals surface area contributed by atoms with Gasteiger partial charge in [-0.25, -0.2) is 0 Å². The van der Waals surface area contributed by atoms with E-state index in [0.717, 1.165) is 29.4 Å². The van der Waals surface area contributed by atoms with Crippen LogP contribution in [0.4, 0.5) is 0 Å². The average molecular weight is 256 g/mol. The maximum absolute atomic E-state index is 12.3. The molecule has 0 spiro atoms. The van der Waals surface area contributed by atoms with Crippen molar-refractivity contribution in [3.63, 3.8) is 0 Å². The average Bonchev–Trinajstić information content (AvgIpc) is 3.26. The Hall–Kier alpha value is -1.87. The number of ether oxygens (including phenoxy) is 1. The summed E-state index contributed by atoms with van der Waals surface area (Å²) in [5.41, 5.74) is 0.185. The Morgan fingerprint density at radius 2 is 1.89 bits per heavy atom. The molecule has 2 aromatic carbocycles. The third-order valence-corrected chi connectivity index (χ3v) is 3.95. The molecule has 2 aromatic rings. The Morgan fingerprint density at radius 1 is 1.21 bits per heavy atom. The van der Waals surface area contributed by atoms with Crippen molar-refractivity contribution in [3.8, 4) is 5.75 Å². The second-order valence-electron chi connectivity index (χ2n) is 5.20. The molecule has 1 aliphatic carbocycles. The number of carbonyl (C=O) groups is 1. The number of aliphatic hydroxyl groups is 1. The van der Waals surface area contributed by atoms with Crippen LogP contribution in [-0.2, 0) is 0 Å². The van der Waals surface area contributed by atoms with Gasteiger partial charge in [-0.3, -0.25) is 4.79 Å². The highest BCUT2D eigenvalue weighted by atomic mass is 16.5. The zero-order chi connectivity index (χ0) is 13.5. The number of rotatable bonds is 4. The molecule has 19 heavy (non-hydrogen) atoms. The summed E-state index contributed by atoms with van der Waals surface area (Å²) in [6, 6.07) is 11.4. The molecule has 3 rings (SSSR count). The van der Waals surface area contributed by atoms with Gasteiger partial charge in [0.15, 0.2) is 5.78 Å². The second-order valence-corrected chi connectivity index (χ2v) is 5.20. The fraction of sp³-hybridized carbons (Fsp3) is 0.312. The van der Waals surface area contributed by atoms with E-state index < -0.39 is 5.41 Å². The van der Waals surface area contributed by atoms with Gasteiger partial charge in [-0.2, -0.15) is 0 Å². The Labute approximate surface area is 111 Å². The predicted molar refractivity (Wildman–Crippen MR) is 73.6 cm³/mol. The minimum atomic E-state index is -0.500. The lowest BCUT2D eigenvalue weighted by molar-refractivity contribution is 0.0830. The molecule has 0 radical (unpaired) electrons. The molecule has 98 valence electrons. The van der Waals surface area contributed by atoms with Gasteiger partial charge in [-0.1, -0.05) is 18.2 Å². The molecule has 0 saturated heterocycles. The number of methoxy groups -OCH3 is 1. The molecule has 0 bridgehead atoms. The maximum Gasteiger partial charge on any atom is 0.171 e. The molecule has 0 aliphatic heterocycles. The number of aliphatic hydroxyl groups excluding tert-OH is 1. The largest absolute Gasteiger partial charge is 0.497 e. The molecule has 0 aromatic heterocycles. The molecule has 0 atom stereocenters. The summed E-state index contributed by atoms with van der Waals surface area (Å²) >= 11 is 0. The number of hydrogen-bond acceptors (Lipinski definition) is 3. The van der Waals surface area contributed by atoms with Crippen molar-refractivity contribution in [2.24, 2.45) is 5.41 Å². The van der Waals surface area contributed by atoms with Crippen LogP contribution in [0.5, 0.6) is 5.75 Å². The van der Waals surface area contributed by atoms with Gasteiger partial charge < -0.3 is 9.84 Å². The number of Topliss-reactive ketones (excluding diaryl/α,β-unsaturated/α-hetero) is 1. The van der Waals surface area contributed by atoms with Gasteiger partial charge in [-0.15, -0.1) is 0 Å². The summed E-state index contributed by atoms with van der Waals surface area (Å²) in [5.74, 6) is 0.869.